The maximum absolute atomic E-state index is 12.6. The zero-order chi connectivity index (χ0) is 30.0. The third-order valence-electron chi connectivity index (χ3n) is 8.27. The van der Waals surface area contributed by atoms with E-state index in [0.717, 1.165) is 49.7 Å². The first-order chi connectivity index (χ1) is 18.8. The normalized spacial score (nSPS) is 39.7. The molecule has 9 atom stereocenters. The Morgan fingerprint density at radius 3 is 2.35 bits per heavy atom. The summed E-state index contributed by atoms with van der Waals surface area (Å²) in [5.41, 5.74) is 2.54. The van der Waals surface area contributed by atoms with Gasteiger partial charge in [-0.1, -0.05) is 57.1 Å². The molecule has 0 bridgehead atoms. The molecule has 8 nitrogen and oxygen atoms in total. The molecule has 0 aliphatic carbocycles. The number of epoxide rings is 1. The summed E-state index contributed by atoms with van der Waals surface area (Å²) in [7, 11) is 0. The van der Waals surface area contributed by atoms with E-state index in [0.29, 0.717) is 24.0 Å². The molecule has 1 fully saturated rings. The highest BCUT2D eigenvalue weighted by molar-refractivity contribution is 5.87. The SMILES string of the molecule is C=C1/C=C(\C)[C@H](C)C[C@@H](O)CC(=O)[C@H](O)[C@@H](O)[C@H](C)C[C@H](CO)OC(=O)/C(C)=C/CCCC[C@@H]2O[C@H]2C[C@H](C)C1. The van der Waals surface area contributed by atoms with Gasteiger partial charge in [0, 0.05) is 12.0 Å². The van der Waals surface area contributed by atoms with Crippen LogP contribution in [0.2, 0.25) is 0 Å². The Hall–Kier alpha value is -1.84. The van der Waals surface area contributed by atoms with E-state index >= 15 is 0 Å². The van der Waals surface area contributed by atoms with Gasteiger partial charge in [-0.25, -0.2) is 4.79 Å². The molecular weight excluding hydrogens is 512 g/mol. The summed E-state index contributed by atoms with van der Waals surface area (Å²) < 4.78 is 11.3. The summed E-state index contributed by atoms with van der Waals surface area (Å²) in [6.45, 7) is 13.2. The average molecular weight is 565 g/mol. The molecule has 2 aliphatic heterocycles. The summed E-state index contributed by atoms with van der Waals surface area (Å²) in [6.07, 6.45) is 5.12. The average Bonchev–Trinajstić information content (AvgIpc) is 3.62. The molecule has 4 N–H and O–H groups in total. The first kappa shape index (κ1) is 34.4. The molecule has 40 heavy (non-hydrogen) atoms. The molecule has 0 unspecified atom stereocenters. The van der Waals surface area contributed by atoms with Crippen LogP contribution in [0, 0.1) is 17.8 Å². The van der Waals surface area contributed by atoms with Crippen molar-refractivity contribution in [2.75, 3.05) is 6.61 Å². The monoisotopic (exact) mass is 564 g/mol. The second kappa shape index (κ2) is 16.6. The highest BCUT2D eigenvalue weighted by Crippen LogP contribution is 2.34. The van der Waals surface area contributed by atoms with Gasteiger partial charge in [0.1, 0.15) is 12.2 Å². The molecule has 0 saturated carbocycles. The summed E-state index contributed by atoms with van der Waals surface area (Å²) in [5, 5.41) is 41.4. The van der Waals surface area contributed by atoms with Gasteiger partial charge < -0.3 is 29.9 Å². The summed E-state index contributed by atoms with van der Waals surface area (Å²) in [5.74, 6) is -1.41. The summed E-state index contributed by atoms with van der Waals surface area (Å²) >= 11 is 0. The number of ether oxygens (including phenoxy) is 2. The number of carbonyl (C=O) groups excluding carboxylic acids is 2. The maximum atomic E-state index is 12.6. The Balaban J connectivity index is 2.10. The van der Waals surface area contributed by atoms with Crippen molar-refractivity contribution in [3.05, 3.63) is 35.5 Å². The van der Waals surface area contributed by atoms with Gasteiger partial charge in [-0.3, -0.25) is 4.79 Å². The van der Waals surface area contributed by atoms with Crippen LogP contribution in [0.4, 0.5) is 0 Å². The topological polar surface area (TPSA) is 137 Å². The van der Waals surface area contributed by atoms with Gasteiger partial charge in [0.05, 0.1) is 31.0 Å². The van der Waals surface area contributed by atoms with Gasteiger partial charge in [0.15, 0.2) is 5.78 Å². The third kappa shape index (κ3) is 11.6. The van der Waals surface area contributed by atoms with Crippen LogP contribution in [0.3, 0.4) is 0 Å². The molecule has 228 valence electrons. The first-order valence-electron chi connectivity index (χ1n) is 14.9. The van der Waals surface area contributed by atoms with E-state index in [-0.39, 0.29) is 24.9 Å². The highest BCUT2D eigenvalue weighted by atomic mass is 16.6. The van der Waals surface area contributed by atoms with E-state index in [2.05, 4.69) is 19.6 Å². The van der Waals surface area contributed by atoms with Crippen LogP contribution in [-0.4, -0.2) is 75.4 Å². The number of esters is 1. The molecule has 1 saturated heterocycles. The van der Waals surface area contributed by atoms with E-state index < -0.39 is 48.7 Å². The summed E-state index contributed by atoms with van der Waals surface area (Å²) in [4.78, 5) is 25.2. The Morgan fingerprint density at radius 2 is 1.68 bits per heavy atom. The predicted molar refractivity (Wildman–Crippen MR) is 154 cm³/mol. The Kier molecular flexibility index (Phi) is 14.2. The van der Waals surface area contributed by atoms with Crippen molar-refractivity contribution in [1.29, 1.82) is 0 Å². The number of ketones is 1. The van der Waals surface area contributed by atoms with Crippen molar-refractivity contribution >= 4 is 11.8 Å². The van der Waals surface area contributed by atoms with Crippen LogP contribution in [0.5, 0.6) is 0 Å². The van der Waals surface area contributed by atoms with Crippen LogP contribution in [-0.2, 0) is 19.1 Å². The molecule has 0 aromatic carbocycles. The number of Topliss-reactive ketones (excluding diaryl/α,β-unsaturated/α-hetero) is 1. The minimum Gasteiger partial charge on any atom is -0.457 e. The zero-order valence-electron chi connectivity index (χ0n) is 25.1. The molecule has 0 radical (unpaired) electrons. The van der Waals surface area contributed by atoms with E-state index in [4.69, 9.17) is 9.47 Å². The van der Waals surface area contributed by atoms with Gasteiger partial charge >= 0.3 is 5.97 Å². The smallest absolute Gasteiger partial charge is 0.333 e. The molecule has 2 aliphatic rings. The molecule has 8 heteroatoms. The van der Waals surface area contributed by atoms with Gasteiger partial charge in [-0.15, -0.1) is 0 Å². The lowest BCUT2D eigenvalue weighted by Crippen LogP contribution is -2.41. The number of cyclic esters (lactones) is 1. The molecule has 0 aromatic rings. The molecule has 0 aromatic heterocycles. The number of hydrogen-bond acceptors (Lipinski definition) is 8. The number of carbonyl (C=O) groups is 2. The molecule has 0 spiro atoms. The number of hydrogen-bond donors (Lipinski definition) is 4. The quantitative estimate of drug-likeness (QED) is 0.275. The molecule has 2 rings (SSSR count). The van der Waals surface area contributed by atoms with Gasteiger partial charge in [-0.05, 0) is 76.5 Å². The van der Waals surface area contributed by atoms with Crippen molar-refractivity contribution in [3.63, 3.8) is 0 Å². The van der Waals surface area contributed by atoms with E-state index in [1.54, 1.807) is 13.8 Å². The largest absolute Gasteiger partial charge is 0.457 e. The Labute approximate surface area is 240 Å². The van der Waals surface area contributed by atoms with Crippen LogP contribution in [0.15, 0.2) is 35.5 Å². The summed E-state index contributed by atoms with van der Waals surface area (Å²) in [6, 6.07) is 0. The lowest BCUT2D eigenvalue weighted by atomic mass is 9.88. The standard InChI is InChI=1S/C32H52O8/c1-19-12-20(2)14-29-28(40-29)11-9-7-8-10-21(3)32(38)39-26(18-33)16-24(6)30(36)31(37)27(35)17-25(34)15-23(5)22(4)13-19/h10,13,20,23-26,28-31,33-34,36-37H,1,7-9,11-12,14-18H2,2-6H3/b21-10+,22-13+/t20-,23-,24-,25-,26-,28+,29+,30+,31+/m1/s1. The number of aliphatic hydroxyl groups is 4. The fourth-order valence-electron chi connectivity index (χ4n) is 5.47. The maximum Gasteiger partial charge on any atom is 0.333 e. The van der Waals surface area contributed by atoms with E-state index in [1.165, 1.54) is 0 Å². The van der Waals surface area contributed by atoms with Crippen molar-refractivity contribution in [3.8, 4) is 0 Å². The predicted octanol–water partition coefficient (Wildman–Crippen LogP) is 4.19. The van der Waals surface area contributed by atoms with Crippen molar-refractivity contribution in [1.82, 2.24) is 0 Å². The zero-order valence-corrected chi connectivity index (χ0v) is 25.1. The van der Waals surface area contributed by atoms with Gasteiger partial charge in [0.2, 0.25) is 0 Å². The third-order valence-corrected chi connectivity index (χ3v) is 8.27. The van der Waals surface area contributed by atoms with E-state index in [9.17, 15) is 30.0 Å². The van der Waals surface area contributed by atoms with Crippen LogP contribution in [0.25, 0.3) is 0 Å². The van der Waals surface area contributed by atoms with Crippen LogP contribution in [0.1, 0.15) is 92.4 Å². The number of fused-ring (bicyclic) bond motifs is 1. The minimum atomic E-state index is -1.69. The van der Waals surface area contributed by atoms with Crippen molar-refractivity contribution in [2.45, 2.75) is 129 Å². The lowest BCUT2D eigenvalue weighted by molar-refractivity contribution is -0.149. The second-order valence-electron chi connectivity index (χ2n) is 12.3. The van der Waals surface area contributed by atoms with Gasteiger partial charge in [0.25, 0.3) is 0 Å². The number of rotatable bonds is 1. The first-order valence-corrected chi connectivity index (χ1v) is 14.9. The fraction of sp³-hybridized carbons (Fsp3) is 0.750. The number of aliphatic hydroxyl groups excluding tert-OH is 4. The van der Waals surface area contributed by atoms with Crippen LogP contribution < -0.4 is 0 Å². The van der Waals surface area contributed by atoms with Crippen molar-refractivity contribution in [2.24, 2.45) is 17.8 Å². The molecule has 0 amide bonds. The molecule has 2 heterocycles. The lowest BCUT2D eigenvalue weighted by Gasteiger charge is -2.27. The minimum absolute atomic E-state index is 0.00283. The highest BCUT2D eigenvalue weighted by Gasteiger charge is 2.38. The Bertz CT molecular complexity index is 909. The van der Waals surface area contributed by atoms with Crippen LogP contribution >= 0.6 is 0 Å². The molecular formula is C32H52O8. The second-order valence-corrected chi connectivity index (χ2v) is 12.3. The van der Waals surface area contributed by atoms with Gasteiger partial charge in [-0.2, -0.15) is 0 Å². The number of allylic oxidation sites excluding steroid dienone is 4. The van der Waals surface area contributed by atoms with E-state index in [1.807, 2.05) is 19.9 Å². The Morgan fingerprint density at radius 1 is 0.975 bits per heavy atom. The van der Waals surface area contributed by atoms with Crippen molar-refractivity contribution < 1.29 is 39.5 Å². The fourth-order valence-corrected chi connectivity index (χ4v) is 5.47.